The second-order valence-corrected chi connectivity index (χ2v) is 9.59. The molecule has 35 heavy (non-hydrogen) atoms. The first-order valence-electron chi connectivity index (χ1n) is 10.6. The number of benzene rings is 1. The van der Waals surface area contributed by atoms with Crippen LogP contribution in [0.25, 0.3) is 35.4 Å². The van der Waals surface area contributed by atoms with E-state index in [-0.39, 0.29) is 34.5 Å². The van der Waals surface area contributed by atoms with E-state index in [2.05, 4.69) is 19.9 Å². The Balaban J connectivity index is 0.00000253. The number of hydrogen-bond donors (Lipinski definition) is 4. The van der Waals surface area contributed by atoms with Gasteiger partial charge in [-0.15, -0.1) is 0 Å². The third kappa shape index (κ3) is 4.93. The molecule has 7 nitrogen and oxygen atoms in total. The topological polar surface area (TPSA) is 120 Å². The first-order valence-corrected chi connectivity index (χ1v) is 12.1. The fourth-order valence-electron chi connectivity index (χ4n) is 4.18. The van der Waals surface area contributed by atoms with Crippen LogP contribution in [0.1, 0.15) is 22.8 Å². The van der Waals surface area contributed by atoms with Crippen molar-refractivity contribution < 1.29 is 42.5 Å². The summed E-state index contributed by atoms with van der Waals surface area (Å²) in [6.45, 7) is 0. The fraction of sp³-hybridized carbons (Fsp3) is 0. The monoisotopic (exact) mass is 490 g/mol. The van der Waals surface area contributed by atoms with Crippen molar-refractivity contribution in [2.24, 2.45) is 0 Å². The van der Waals surface area contributed by atoms with E-state index in [1.807, 2.05) is 66.8 Å². The van der Waals surface area contributed by atoms with Crippen LogP contribution in [0.2, 0.25) is 0 Å². The van der Waals surface area contributed by atoms with Crippen molar-refractivity contribution in [3.05, 3.63) is 111 Å². The van der Waals surface area contributed by atoms with Crippen molar-refractivity contribution in [3.63, 3.8) is 0 Å². The Morgan fingerprint density at radius 2 is 1.09 bits per heavy atom. The zero-order chi connectivity index (χ0) is 23.3. The molecule has 8 bridgehead atoms. The summed E-state index contributed by atoms with van der Waals surface area (Å²) in [4.78, 5) is 13.4. The molecule has 4 aromatic heterocycles. The van der Waals surface area contributed by atoms with Gasteiger partial charge in [0.05, 0.1) is 4.90 Å². The van der Waals surface area contributed by atoms with E-state index in [1.165, 1.54) is 12.1 Å². The van der Waals surface area contributed by atoms with Crippen LogP contribution in [-0.2, 0) is 10.1 Å². The number of aromatic nitrogens is 4. The predicted octanol–water partition coefficient (Wildman–Crippen LogP) is -1.80. The molecular weight excluding hydrogens is 471 g/mol. The molecule has 168 valence electrons. The van der Waals surface area contributed by atoms with E-state index < -0.39 is 10.1 Å². The summed E-state index contributed by atoms with van der Waals surface area (Å²) in [6, 6.07) is 20.1. The maximum atomic E-state index is 11.3. The average molecular weight is 491 g/mol. The Labute approximate surface area is 222 Å². The number of nitrogens with one attached hydrogen (secondary N) is 4. The Morgan fingerprint density at radius 3 is 1.63 bits per heavy atom. The molecule has 1 aromatic carbocycles. The van der Waals surface area contributed by atoms with E-state index >= 15 is 0 Å². The van der Waals surface area contributed by atoms with Crippen LogP contribution in [0, 0.1) is 0 Å². The number of hydrogen-bond acceptors (Lipinski definition) is 3. The van der Waals surface area contributed by atoms with Gasteiger partial charge in [-0.25, -0.2) is 8.42 Å². The quantitative estimate of drug-likeness (QED) is 0.169. The molecule has 1 aliphatic heterocycles. The normalized spacial score (nSPS) is 12.5. The zero-order valence-electron chi connectivity index (χ0n) is 18.8. The fourth-order valence-corrected chi connectivity index (χ4v) is 4.65. The van der Waals surface area contributed by atoms with Gasteiger partial charge >= 0.3 is 29.6 Å². The van der Waals surface area contributed by atoms with Crippen LogP contribution >= 0.6 is 0 Å². The Morgan fingerprint density at radius 1 is 0.571 bits per heavy atom. The summed E-state index contributed by atoms with van der Waals surface area (Å²) >= 11 is 0. The van der Waals surface area contributed by atoms with Gasteiger partial charge in [0.1, 0.15) is 10.1 Å². The van der Waals surface area contributed by atoms with E-state index in [9.17, 15) is 13.0 Å². The second kappa shape index (κ2) is 9.07. The van der Waals surface area contributed by atoms with Crippen molar-refractivity contribution in [3.8, 4) is 11.1 Å². The summed E-state index contributed by atoms with van der Waals surface area (Å²) in [5.41, 5.74) is 5.46. The van der Waals surface area contributed by atoms with Crippen molar-refractivity contribution >= 4 is 34.4 Å². The van der Waals surface area contributed by atoms with E-state index in [1.54, 1.807) is 12.1 Å². The maximum Gasteiger partial charge on any atom is 1.00 e. The van der Waals surface area contributed by atoms with Crippen molar-refractivity contribution in [2.45, 2.75) is 4.90 Å². The third-order valence-corrected chi connectivity index (χ3v) is 6.60. The molecular formula is C26H19N4NaO3S. The smallest absolute Gasteiger partial charge is 0.744 e. The van der Waals surface area contributed by atoms with Gasteiger partial charge in [0.2, 0.25) is 0 Å². The first kappa shape index (κ1) is 23.5. The molecule has 0 saturated heterocycles. The molecule has 0 saturated carbocycles. The molecule has 0 amide bonds. The van der Waals surface area contributed by atoms with Crippen molar-refractivity contribution in [1.29, 1.82) is 0 Å². The predicted molar refractivity (Wildman–Crippen MR) is 129 cm³/mol. The summed E-state index contributed by atoms with van der Waals surface area (Å²) in [7, 11) is -4.50. The van der Waals surface area contributed by atoms with Crippen LogP contribution in [0.4, 0.5) is 0 Å². The van der Waals surface area contributed by atoms with Crippen LogP contribution in [0.5, 0.6) is 0 Å². The summed E-state index contributed by atoms with van der Waals surface area (Å²) < 4.78 is 34.0. The Bertz CT molecular complexity index is 1890. The molecule has 0 fully saturated rings. The average Bonchev–Trinajstić information content (AvgIpc) is 3.58. The van der Waals surface area contributed by atoms with E-state index in [4.69, 9.17) is 0 Å². The maximum absolute atomic E-state index is 11.3. The second-order valence-electron chi connectivity index (χ2n) is 8.21. The SMILES string of the molecule is O=S(=O)([O-])c1ccc(-c2cc3[nH]c2=Cc2ccc([nH]2)C=c2ccc([nH]2)=Cc2ccc([nH]2)C=3)cc1.[Na+]. The molecule has 6 rings (SSSR count). The third-order valence-electron chi connectivity index (χ3n) is 5.75. The zero-order valence-corrected chi connectivity index (χ0v) is 21.6. The van der Waals surface area contributed by atoms with Crippen LogP contribution in [0.3, 0.4) is 0 Å². The van der Waals surface area contributed by atoms with Crippen molar-refractivity contribution in [1.82, 2.24) is 19.9 Å². The molecule has 0 spiro atoms. The molecule has 5 aromatic rings. The minimum Gasteiger partial charge on any atom is -0.744 e. The van der Waals surface area contributed by atoms with Crippen LogP contribution < -0.4 is 51.0 Å². The van der Waals surface area contributed by atoms with Gasteiger partial charge in [-0.2, -0.15) is 0 Å². The Kier molecular flexibility index (Phi) is 6.08. The van der Waals surface area contributed by atoms with Gasteiger partial charge in [0.25, 0.3) is 0 Å². The van der Waals surface area contributed by atoms with Crippen LogP contribution in [0.15, 0.2) is 71.6 Å². The molecule has 0 unspecified atom stereocenters. The molecule has 0 atom stereocenters. The molecule has 0 radical (unpaired) electrons. The number of H-pyrrole nitrogens is 4. The molecule has 9 heteroatoms. The van der Waals surface area contributed by atoms with Gasteiger partial charge in [0.15, 0.2) is 0 Å². The largest absolute Gasteiger partial charge is 1.00 e. The summed E-state index contributed by atoms with van der Waals surface area (Å²) in [5.74, 6) is 0. The first-order chi connectivity index (χ1) is 16.4. The van der Waals surface area contributed by atoms with Crippen LogP contribution in [-0.4, -0.2) is 32.9 Å². The number of fused-ring (bicyclic) bond motifs is 8. The Hall–Kier alpha value is -3.27. The van der Waals surface area contributed by atoms with E-state index in [0.717, 1.165) is 55.3 Å². The molecule has 4 N–H and O–H groups in total. The van der Waals surface area contributed by atoms with Gasteiger partial charge in [-0.1, -0.05) is 12.1 Å². The van der Waals surface area contributed by atoms with Gasteiger partial charge < -0.3 is 24.5 Å². The molecule has 5 heterocycles. The summed E-state index contributed by atoms with van der Waals surface area (Å²) in [5, 5.41) is 3.71. The molecule has 1 aliphatic rings. The minimum atomic E-state index is -4.50. The van der Waals surface area contributed by atoms with Gasteiger partial charge in [-0.05, 0) is 84.5 Å². The standard InChI is InChI=1S/C26H20N4O3S.Na/c31-34(32,33)24-9-1-16(2-10-24)25-14-23-13-21-6-5-19(28-21)11-17-3-4-18(27-17)12-20-7-8-22(29-20)15-26(25)30-23;/h1-15,27-30H,(H,31,32,33);/q;+1/p-1. The van der Waals surface area contributed by atoms with Gasteiger partial charge in [0, 0.05) is 49.7 Å². The number of aromatic amines is 4. The van der Waals surface area contributed by atoms with Gasteiger partial charge in [-0.3, -0.25) is 0 Å². The summed E-state index contributed by atoms with van der Waals surface area (Å²) in [6.07, 6.45) is 8.10. The minimum absolute atomic E-state index is 0. The van der Waals surface area contributed by atoms with E-state index in [0.29, 0.717) is 0 Å². The molecule has 0 aliphatic carbocycles. The number of rotatable bonds is 2. The van der Waals surface area contributed by atoms with Crippen molar-refractivity contribution in [2.75, 3.05) is 0 Å².